The maximum atomic E-state index is 11.8. The Bertz CT molecular complexity index is 476. The van der Waals surface area contributed by atoms with E-state index in [4.69, 9.17) is 0 Å². The molecule has 0 aromatic heterocycles. The Morgan fingerprint density at radius 3 is 2.70 bits per heavy atom. The molecular formula is C19H28O. The van der Waals surface area contributed by atoms with Crippen molar-refractivity contribution in [2.75, 3.05) is 0 Å². The van der Waals surface area contributed by atoms with Crippen LogP contribution in [-0.2, 0) is 4.79 Å². The van der Waals surface area contributed by atoms with Gasteiger partial charge in [0.05, 0.1) is 0 Å². The van der Waals surface area contributed by atoms with Crippen molar-refractivity contribution in [2.45, 2.75) is 71.6 Å². The van der Waals surface area contributed by atoms with Gasteiger partial charge in [-0.3, -0.25) is 4.79 Å². The summed E-state index contributed by atoms with van der Waals surface area (Å²) >= 11 is 0. The summed E-state index contributed by atoms with van der Waals surface area (Å²) in [6, 6.07) is 0. The van der Waals surface area contributed by atoms with Crippen molar-refractivity contribution >= 4 is 5.78 Å². The van der Waals surface area contributed by atoms with Crippen LogP contribution in [0.5, 0.6) is 0 Å². The van der Waals surface area contributed by atoms with E-state index in [0.29, 0.717) is 16.6 Å². The minimum atomic E-state index is 0.362. The van der Waals surface area contributed by atoms with Crippen LogP contribution in [0.25, 0.3) is 0 Å². The third-order valence-corrected chi connectivity index (χ3v) is 7.74. The van der Waals surface area contributed by atoms with Gasteiger partial charge in [-0.05, 0) is 79.6 Å². The average molecular weight is 272 g/mol. The van der Waals surface area contributed by atoms with Crippen molar-refractivity contribution in [1.29, 1.82) is 0 Å². The Morgan fingerprint density at radius 1 is 1.00 bits per heavy atom. The lowest BCUT2D eigenvalue weighted by atomic mass is 9.47. The van der Waals surface area contributed by atoms with E-state index in [1.807, 2.05) is 6.08 Å². The zero-order valence-electron chi connectivity index (χ0n) is 13.1. The lowest BCUT2D eigenvalue weighted by Gasteiger charge is -2.57. The summed E-state index contributed by atoms with van der Waals surface area (Å²) in [5, 5.41) is 0. The van der Waals surface area contributed by atoms with Crippen LogP contribution < -0.4 is 0 Å². The summed E-state index contributed by atoms with van der Waals surface area (Å²) in [6.07, 6.45) is 13.8. The van der Waals surface area contributed by atoms with Crippen molar-refractivity contribution in [3.8, 4) is 0 Å². The van der Waals surface area contributed by atoms with Gasteiger partial charge < -0.3 is 0 Å². The molecular weight excluding hydrogens is 244 g/mol. The molecule has 3 saturated carbocycles. The van der Waals surface area contributed by atoms with Crippen LogP contribution in [0.15, 0.2) is 11.6 Å². The summed E-state index contributed by atoms with van der Waals surface area (Å²) in [7, 11) is 0. The maximum absolute atomic E-state index is 11.8. The largest absolute Gasteiger partial charge is 0.295 e. The van der Waals surface area contributed by atoms with E-state index in [1.165, 1.54) is 50.5 Å². The molecule has 110 valence electrons. The lowest BCUT2D eigenvalue weighted by molar-refractivity contribution is -0.117. The van der Waals surface area contributed by atoms with E-state index in [1.54, 1.807) is 0 Å². The second-order valence-electron chi connectivity index (χ2n) is 8.55. The number of carbonyl (C=O) groups excluding carboxylic acids is 1. The van der Waals surface area contributed by atoms with E-state index in [0.717, 1.165) is 30.6 Å². The predicted molar refractivity (Wildman–Crippen MR) is 81.3 cm³/mol. The standard InChI is InChI=1S/C19H28O/c1-18-9-3-4-16(18)15-6-5-13-12-14(20)7-11-19(13,2)17(15)8-10-18/h12,15-17H,3-11H2,1-2H3/t15-,16+,17-,18-,19-/m0/s1. The zero-order valence-corrected chi connectivity index (χ0v) is 13.1. The Kier molecular flexibility index (Phi) is 2.76. The van der Waals surface area contributed by atoms with E-state index in [-0.39, 0.29) is 0 Å². The molecule has 0 aromatic carbocycles. The molecule has 0 aromatic rings. The fraction of sp³-hybridized carbons (Fsp3) is 0.842. The number of rotatable bonds is 0. The first-order chi connectivity index (χ1) is 9.53. The van der Waals surface area contributed by atoms with Gasteiger partial charge in [0.25, 0.3) is 0 Å². The molecule has 4 aliphatic carbocycles. The summed E-state index contributed by atoms with van der Waals surface area (Å²) in [6.45, 7) is 5.05. The first-order valence-electron chi connectivity index (χ1n) is 8.77. The van der Waals surface area contributed by atoms with Crippen molar-refractivity contribution < 1.29 is 4.79 Å². The first kappa shape index (κ1) is 13.1. The highest BCUT2D eigenvalue weighted by Crippen LogP contribution is 2.65. The molecule has 20 heavy (non-hydrogen) atoms. The van der Waals surface area contributed by atoms with Crippen molar-refractivity contribution in [2.24, 2.45) is 28.6 Å². The quantitative estimate of drug-likeness (QED) is 0.612. The van der Waals surface area contributed by atoms with Gasteiger partial charge in [0.15, 0.2) is 5.78 Å². The number of carbonyl (C=O) groups is 1. The van der Waals surface area contributed by atoms with Gasteiger partial charge in [0, 0.05) is 6.42 Å². The monoisotopic (exact) mass is 272 g/mol. The van der Waals surface area contributed by atoms with Gasteiger partial charge in [-0.2, -0.15) is 0 Å². The third kappa shape index (κ3) is 1.64. The first-order valence-corrected chi connectivity index (χ1v) is 8.77. The SMILES string of the molecule is C[C@@]12CCC[C@@H]1[C@@H]1CCC3=CC(=O)CC[C@]3(C)[C@H]1CC2. The lowest BCUT2D eigenvalue weighted by Crippen LogP contribution is -2.49. The molecule has 0 bridgehead atoms. The van der Waals surface area contributed by atoms with Gasteiger partial charge in [-0.1, -0.05) is 25.8 Å². The Hall–Kier alpha value is -0.590. The Balaban J connectivity index is 1.69. The van der Waals surface area contributed by atoms with Gasteiger partial charge in [-0.25, -0.2) is 0 Å². The van der Waals surface area contributed by atoms with Crippen molar-refractivity contribution in [3.63, 3.8) is 0 Å². The minimum absolute atomic E-state index is 0.362. The summed E-state index contributed by atoms with van der Waals surface area (Å²) in [4.78, 5) is 11.8. The highest BCUT2D eigenvalue weighted by molar-refractivity contribution is 5.91. The molecule has 3 fully saturated rings. The van der Waals surface area contributed by atoms with Crippen LogP contribution in [0.2, 0.25) is 0 Å². The van der Waals surface area contributed by atoms with Gasteiger partial charge >= 0.3 is 0 Å². The van der Waals surface area contributed by atoms with Crippen LogP contribution >= 0.6 is 0 Å². The van der Waals surface area contributed by atoms with E-state index in [9.17, 15) is 4.79 Å². The topological polar surface area (TPSA) is 17.1 Å². The second kappa shape index (κ2) is 4.21. The van der Waals surface area contributed by atoms with Gasteiger partial charge in [-0.15, -0.1) is 0 Å². The molecule has 4 aliphatic rings. The van der Waals surface area contributed by atoms with Crippen molar-refractivity contribution in [1.82, 2.24) is 0 Å². The normalized spacial score (nSPS) is 51.0. The summed E-state index contributed by atoms with van der Waals surface area (Å²) in [5.74, 6) is 3.19. The van der Waals surface area contributed by atoms with Crippen LogP contribution in [0.4, 0.5) is 0 Å². The van der Waals surface area contributed by atoms with Crippen LogP contribution in [0.1, 0.15) is 71.6 Å². The number of fused-ring (bicyclic) bond motifs is 5. The summed E-state index contributed by atoms with van der Waals surface area (Å²) in [5.41, 5.74) is 2.53. The predicted octanol–water partition coefficient (Wildman–Crippen LogP) is 4.91. The molecule has 0 saturated heterocycles. The van der Waals surface area contributed by atoms with E-state index >= 15 is 0 Å². The molecule has 0 heterocycles. The molecule has 4 rings (SSSR count). The number of hydrogen-bond donors (Lipinski definition) is 0. The summed E-state index contributed by atoms with van der Waals surface area (Å²) < 4.78 is 0. The average Bonchev–Trinajstić information content (AvgIpc) is 2.81. The van der Waals surface area contributed by atoms with Crippen LogP contribution in [0.3, 0.4) is 0 Å². The minimum Gasteiger partial charge on any atom is -0.295 e. The molecule has 1 heteroatoms. The Morgan fingerprint density at radius 2 is 1.85 bits per heavy atom. The van der Waals surface area contributed by atoms with Gasteiger partial charge in [0.1, 0.15) is 0 Å². The highest BCUT2D eigenvalue weighted by atomic mass is 16.1. The molecule has 1 nitrogen and oxygen atoms in total. The molecule has 0 spiro atoms. The Labute approximate surface area is 123 Å². The fourth-order valence-electron chi connectivity index (χ4n) is 6.55. The van der Waals surface area contributed by atoms with Crippen molar-refractivity contribution in [3.05, 3.63) is 11.6 Å². The fourth-order valence-corrected chi connectivity index (χ4v) is 6.55. The molecule has 0 radical (unpaired) electrons. The van der Waals surface area contributed by atoms with E-state index in [2.05, 4.69) is 13.8 Å². The smallest absolute Gasteiger partial charge is 0.155 e. The van der Waals surface area contributed by atoms with Gasteiger partial charge in [0.2, 0.25) is 0 Å². The molecule has 5 atom stereocenters. The van der Waals surface area contributed by atoms with Crippen LogP contribution in [0, 0.1) is 28.6 Å². The number of hydrogen-bond acceptors (Lipinski definition) is 1. The second-order valence-corrected chi connectivity index (χ2v) is 8.55. The number of ketones is 1. The molecule has 0 unspecified atom stereocenters. The third-order valence-electron chi connectivity index (χ3n) is 7.74. The maximum Gasteiger partial charge on any atom is 0.155 e. The zero-order chi connectivity index (χ0) is 14.0. The number of allylic oxidation sites excluding steroid dienone is 1. The molecule has 0 N–H and O–H groups in total. The molecule has 0 aliphatic heterocycles. The highest BCUT2D eigenvalue weighted by Gasteiger charge is 2.55. The van der Waals surface area contributed by atoms with E-state index < -0.39 is 0 Å². The molecule has 0 amide bonds. The van der Waals surface area contributed by atoms with Crippen LogP contribution in [-0.4, -0.2) is 5.78 Å².